The van der Waals surface area contributed by atoms with E-state index in [0.717, 1.165) is 31.9 Å². The van der Waals surface area contributed by atoms with Gasteiger partial charge >= 0.3 is 0 Å². The molecule has 1 atom stereocenters. The average Bonchev–Trinajstić information content (AvgIpc) is 3.18. The van der Waals surface area contributed by atoms with Crippen LogP contribution in [0.15, 0.2) is 48.8 Å². The molecule has 3 heterocycles. The van der Waals surface area contributed by atoms with E-state index in [0.29, 0.717) is 11.5 Å². The monoisotopic (exact) mass is 368 g/mol. The highest BCUT2D eigenvalue weighted by Crippen LogP contribution is 2.18. The fourth-order valence-corrected chi connectivity index (χ4v) is 3.35. The highest BCUT2D eigenvalue weighted by atomic mass is 19.1. The van der Waals surface area contributed by atoms with Crippen molar-refractivity contribution < 1.29 is 9.18 Å². The molecule has 1 aromatic carbocycles. The van der Waals surface area contributed by atoms with E-state index in [1.54, 1.807) is 41.2 Å². The highest BCUT2D eigenvalue weighted by Gasteiger charge is 2.26. The molecular formula is C19H21FN6O. The van der Waals surface area contributed by atoms with Gasteiger partial charge in [-0.3, -0.25) is 9.69 Å². The number of carbonyl (C=O) groups is 1. The lowest BCUT2D eigenvalue weighted by atomic mass is 10.2. The average molecular weight is 368 g/mol. The summed E-state index contributed by atoms with van der Waals surface area (Å²) in [6, 6.07) is 9.79. The number of carbonyl (C=O) groups excluding carboxylic acids is 1. The molecule has 1 unspecified atom stereocenters. The summed E-state index contributed by atoms with van der Waals surface area (Å²) in [5.41, 5.74) is 1.69. The number of fused-ring (bicyclic) bond motifs is 1. The first kappa shape index (κ1) is 17.4. The third-order valence-corrected chi connectivity index (χ3v) is 4.97. The van der Waals surface area contributed by atoms with Crippen LogP contribution in [0.3, 0.4) is 0 Å². The van der Waals surface area contributed by atoms with Crippen LogP contribution in [0.2, 0.25) is 0 Å². The number of aromatic nitrogens is 3. The topological polar surface area (TPSA) is 65.8 Å². The zero-order valence-electron chi connectivity index (χ0n) is 15.0. The van der Waals surface area contributed by atoms with Crippen LogP contribution in [-0.4, -0.2) is 57.6 Å². The Hall–Kier alpha value is -3.00. The summed E-state index contributed by atoms with van der Waals surface area (Å²) in [5.74, 6) is 0.296. The first-order valence-corrected chi connectivity index (χ1v) is 8.96. The third kappa shape index (κ3) is 3.61. The molecule has 0 saturated carbocycles. The van der Waals surface area contributed by atoms with Crippen LogP contribution in [0, 0.1) is 5.82 Å². The number of nitrogens with one attached hydrogen (secondary N) is 1. The van der Waals surface area contributed by atoms with Crippen molar-refractivity contribution in [2.75, 3.05) is 36.4 Å². The van der Waals surface area contributed by atoms with Crippen LogP contribution >= 0.6 is 0 Å². The maximum atomic E-state index is 13.1. The SMILES string of the molecule is CC(C(=O)Nc1ccnc2ccnn12)N1CCN(c2ccc(F)cc2)CC1. The maximum Gasteiger partial charge on any atom is 0.242 e. The van der Waals surface area contributed by atoms with Gasteiger partial charge in [0, 0.05) is 44.1 Å². The van der Waals surface area contributed by atoms with Crippen LogP contribution in [0.5, 0.6) is 0 Å². The lowest BCUT2D eigenvalue weighted by molar-refractivity contribution is -0.120. The summed E-state index contributed by atoms with van der Waals surface area (Å²) in [6.07, 6.45) is 3.30. The summed E-state index contributed by atoms with van der Waals surface area (Å²) in [5, 5.41) is 7.13. The number of nitrogens with zero attached hydrogens (tertiary/aromatic N) is 5. The van der Waals surface area contributed by atoms with E-state index in [-0.39, 0.29) is 17.8 Å². The summed E-state index contributed by atoms with van der Waals surface area (Å²) in [7, 11) is 0. The largest absolute Gasteiger partial charge is 0.369 e. The summed E-state index contributed by atoms with van der Waals surface area (Å²) >= 11 is 0. The number of halogens is 1. The van der Waals surface area contributed by atoms with E-state index < -0.39 is 0 Å². The Morgan fingerprint density at radius 2 is 1.81 bits per heavy atom. The first-order valence-electron chi connectivity index (χ1n) is 8.96. The predicted octanol–water partition coefficient (Wildman–Crippen LogP) is 2.02. The Morgan fingerprint density at radius 1 is 1.07 bits per heavy atom. The number of anilines is 2. The molecule has 1 fully saturated rings. The van der Waals surface area contributed by atoms with Crippen LogP contribution in [0.4, 0.5) is 15.9 Å². The van der Waals surface area contributed by atoms with Gasteiger partial charge < -0.3 is 10.2 Å². The van der Waals surface area contributed by atoms with Crippen LogP contribution in [0.1, 0.15) is 6.92 Å². The van der Waals surface area contributed by atoms with Gasteiger partial charge in [0.2, 0.25) is 5.91 Å². The fourth-order valence-electron chi connectivity index (χ4n) is 3.35. The molecule has 2 aromatic heterocycles. The van der Waals surface area contributed by atoms with Crippen molar-refractivity contribution >= 4 is 23.1 Å². The van der Waals surface area contributed by atoms with E-state index in [4.69, 9.17) is 0 Å². The lowest BCUT2D eigenvalue weighted by Crippen LogP contribution is -2.52. The Bertz CT molecular complexity index is 933. The quantitative estimate of drug-likeness (QED) is 0.763. The van der Waals surface area contributed by atoms with Crippen molar-refractivity contribution in [3.8, 4) is 0 Å². The number of benzene rings is 1. The van der Waals surface area contributed by atoms with Crippen molar-refractivity contribution in [3.05, 3.63) is 54.6 Å². The van der Waals surface area contributed by atoms with Gasteiger partial charge in [-0.2, -0.15) is 9.61 Å². The normalized spacial score (nSPS) is 16.4. The molecule has 0 bridgehead atoms. The van der Waals surface area contributed by atoms with Crippen LogP contribution < -0.4 is 10.2 Å². The van der Waals surface area contributed by atoms with E-state index in [1.807, 2.05) is 6.92 Å². The van der Waals surface area contributed by atoms with Crippen molar-refractivity contribution in [3.63, 3.8) is 0 Å². The van der Waals surface area contributed by atoms with Gasteiger partial charge in [0.1, 0.15) is 11.6 Å². The minimum absolute atomic E-state index is 0.0757. The van der Waals surface area contributed by atoms with Gasteiger partial charge in [0.05, 0.1) is 12.2 Å². The Balaban J connectivity index is 1.37. The third-order valence-electron chi connectivity index (χ3n) is 4.97. The van der Waals surface area contributed by atoms with Gasteiger partial charge in [-0.1, -0.05) is 0 Å². The molecule has 27 heavy (non-hydrogen) atoms. The van der Waals surface area contributed by atoms with Crippen molar-refractivity contribution in [2.45, 2.75) is 13.0 Å². The molecule has 8 heteroatoms. The molecule has 3 aromatic rings. The molecule has 0 spiro atoms. The number of amides is 1. The summed E-state index contributed by atoms with van der Waals surface area (Å²) in [6.45, 7) is 5.02. The predicted molar refractivity (Wildman–Crippen MR) is 101 cm³/mol. The number of hydrogen-bond donors (Lipinski definition) is 1. The standard InChI is InChI=1S/C19H21FN6O/c1-14(19(27)23-18-6-8-21-17-7-9-22-26(17)18)24-10-12-25(13-11-24)16-4-2-15(20)3-5-16/h2-9,14H,10-13H2,1H3,(H,23,27). The molecule has 1 amide bonds. The van der Waals surface area contributed by atoms with Crippen LogP contribution in [0.25, 0.3) is 5.65 Å². The highest BCUT2D eigenvalue weighted by molar-refractivity contribution is 5.94. The molecule has 0 aliphatic carbocycles. The van der Waals surface area contributed by atoms with E-state index in [2.05, 4.69) is 25.2 Å². The molecule has 4 rings (SSSR count). The van der Waals surface area contributed by atoms with Crippen molar-refractivity contribution in [1.82, 2.24) is 19.5 Å². The zero-order chi connectivity index (χ0) is 18.8. The number of piperazine rings is 1. The summed E-state index contributed by atoms with van der Waals surface area (Å²) < 4.78 is 14.7. The minimum atomic E-state index is -0.265. The Labute approximate surface area is 156 Å². The van der Waals surface area contributed by atoms with Gasteiger partial charge in [0.25, 0.3) is 0 Å². The van der Waals surface area contributed by atoms with Gasteiger partial charge in [-0.25, -0.2) is 9.37 Å². The first-order chi connectivity index (χ1) is 13.1. The fraction of sp³-hybridized carbons (Fsp3) is 0.316. The second-order valence-corrected chi connectivity index (χ2v) is 6.60. The molecular weight excluding hydrogens is 347 g/mol. The van der Waals surface area contributed by atoms with Gasteiger partial charge in [0.15, 0.2) is 5.65 Å². The second-order valence-electron chi connectivity index (χ2n) is 6.60. The number of hydrogen-bond acceptors (Lipinski definition) is 5. The molecule has 7 nitrogen and oxygen atoms in total. The molecule has 0 radical (unpaired) electrons. The minimum Gasteiger partial charge on any atom is -0.369 e. The van der Waals surface area contributed by atoms with E-state index in [1.165, 1.54) is 12.1 Å². The smallest absolute Gasteiger partial charge is 0.242 e. The molecule has 1 saturated heterocycles. The molecule has 1 aliphatic heterocycles. The second kappa shape index (κ2) is 7.32. The van der Waals surface area contributed by atoms with Crippen molar-refractivity contribution in [2.24, 2.45) is 0 Å². The Morgan fingerprint density at radius 3 is 2.56 bits per heavy atom. The van der Waals surface area contributed by atoms with Crippen LogP contribution in [-0.2, 0) is 4.79 Å². The zero-order valence-corrected chi connectivity index (χ0v) is 15.0. The van der Waals surface area contributed by atoms with Crippen molar-refractivity contribution in [1.29, 1.82) is 0 Å². The molecule has 1 N–H and O–H groups in total. The van der Waals surface area contributed by atoms with Gasteiger partial charge in [-0.15, -0.1) is 0 Å². The van der Waals surface area contributed by atoms with Gasteiger partial charge in [-0.05, 0) is 37.3 Å². The lowest BCUT2D eigenvalue weighted by Gasteiger charge is -2.38. The molecule has 1 aliphatic rings. The molecule has 140 valence electrons. The maximum absolute atomic E-state index is 13.1. The van der Waals surface area contributed by atoms with E-state index >= 15 is 0 Å². The summed E-state index contributed by atoms with van der Waals surface area (Å²) in [4.78, 5) is 21.2. The Kier molecular flexibility index (Phi) is 4.72. The van der Waals surface area contributed by atoms with E-state index in [9.17, 15) is 9.18 Å². The number of rotatable bonds is 4.